The summed E-state index contributed by atoms with van der Waals surface area (Å²) in [6, 6.07) is 54.2. The number of thiophene rings is 1. The summed E-state index contributed by atoms with van der Waals surface area (Å²) >= 11 is 1.89. The van der Waals surface area contributed by atoms with Gasteiger partial charge in [0.2, 0.25) is 0 Å². The fourth-order valence-electron chi connectivity index (χ4n) is 9.85. The lowest BCUT2D eigenvalue weighted by atomic mass is 9.33. The highest BCUT2D eigenvalue weighted by Gasteiger charge is 2.44. The van der Waals surface area contributed by atoms with E-state index in [-0.39, 0.29) is 28.4 Å². The third-order valence-electron chi connectivity index (χ3n) is 13.5. The molecule has 0 amide bonds. The van der Waals surface area contributed by atoms with Gasteiger partial charge in [0.25, 0.3) is 6.71 Å². The maximum atomic E-state index is 2.60. The highest BCUT2D eigenvalue weighted by atomic mass is 32.1. The zero-order chi connectivity index (χ0) is 43.7. The zero-order valence-corrected chi connectivity index (χ0v) is 39.5. The lowest BCUT2D eigenvalue weighted by Crippen LogP contribution is -2.61. The van der Waals surface area contributed by atoms with E-state index in [9.17, 15) is 0 Å². The Bertz CT molecular complexity index is 3070. The Balaban J connectivity index is 1.28. The smallest absolute Gasteiger partial charge is 0.252 e. The Morgan fingerprint density at radius 1 is 0.387 bits per heavy atom. The highest BCUT2D eigenvalue weighted by molar-refractivity contribution is 7.25. The molecule has 1 aromatic heterocycles. The number of hydrogen-bond acceptors (Lipinski definition) is 3. The number of benzene rings is 7. The van der Waals surface area contributed by atoms with Crippen LogP contribution < -0.4 is 26.2 Å². The summed E-state index contributed by atoms with van der Waals surface area (Å²) < 4.78 is 2.65. The second-order valence-electron chi connectivity index (χ2n) is 21.9. The quantitative estimate of drug-likeness (QED) is 0.164. The Morgan fingerprint density at radius 2 is 0.887 bits per heavy atom. The molecule has 7 aromatic carbocycles. The van der Waals surface area contributed by atoms with Gasteiger partial charge in [-0.25, -0.2) is 0 Å². The minimum atomic E-state index is -0.0234. The van der Waals surface area contributed by atoms with Crippen LogP contribution in [0.5, 0.6) is 0 Å². The van der Waals surface area contributed by atoms with Gasteiger partial charge < -0.3 is 9.80 Å². The summed E-state index contributed by atoms with van der Waals surface area (Å²) in [6.45, 7) is 28.0. The SMILES string of the molecule is CC(C)(C)c1ccc(N2c3ccc(C(C)(C)C)cc3B3c4cc(C(C)(C)C)ccc4N(c4ccc(C(C)(C)C)cc4-c4ccc5c(c4)sc4ccccc45)c4cccc2c43)cc1. The van der Waals surface area contributed by atoms with E-state index in [2.05, 4.69) is 232 Å². The normalized spacial score (nSPS) is 14.0. The van der Waals surface area contributed by atoms with Crippen LogP contribution in [-0.2, 0) is 21.7 Å². The molecule has 8 aromatic rings. The number of fused-ring (bicyclic) bond motifs is 7. The second-order valence-corrected chi connectivity index (χ2v) is 23.0. The predicted octanol–water partition coefficient (Wildman–Crippen LogP) is 15.0. The number of hydrogen-bond donors (Lipinski definition) is 0. The van der Waals surface area contributed by atoms with Crippen LogP contribution in [0.1, 0.15) is 105 Å². The van der Waals surface area contributed by atoms with E-state index in [1.54, 1.807) is 0 Å². The molecule has 10 rings (SSSR count). The molecule has 310 valence electrons. The van der Waals surface area contributed by atoms with Crippen molar-refractivity contribution in [2.24, 2.45) is 0 Å². The zero-order valence-electron chi connectivity index (χ0n) is 38.7. The lowest BCUT2D eigenvalue weighted by Gasteiger charge is -2.45. The molecule has 0 aliphatic carbocycles. The lowest BCUT2D eigenvalue weighted by molar-refractivity contribution is 0.590. The van der Waals surface area contributed by atoms with Crippen LogP contribution in [0.25, 0.3) is 31.3 Å². The van der Waals surface area contributed by atoms with Gasteiger partial charge in [0.15, 0.2) is 0 Å². The Kier molecular flexibility index (Phi) is 9.12. The van der Waals surface area contributed by atoms with Gasteiger partial charge in [0.1, 0.15) is 0 Å². The van der Waals surface area contributed by atoms with E-state index in [4.69, 9.17) is 0 Å². The van der Waals surface area contributed by atoms with Crippen LogP contribution in [-0.4, -0.2) is 6.71 Å². The average molecular weight is 827 g/mol. The van der Waals surface area contributed by atoms with Gasteiger partial charge in [-0.15, -0.1) is 11.3 Å². The van der Waals surface area contributed by atoms with E-state index in [0.29, 0.717) is 0 Å². The molecule has 2 aliphatic rings. The summed E-state index contributed by atoms with van der Waals surface area (Å²) in [4.78, 5) is 5.15. The largest absolute Gasteiger partial charge is 0.311 e. The van der Waals surface area contributed by atoms with Gasteiger partial charge in [-0.05, 0) is 127 Å². The number of rotatable bonds is 3. The van der Waals surface area contributed by atoms with Crippen molar-refractivity contribution in [1.29, 1.82) is 0 Å². The van der Waals surface area contributed by atoms with Gasteiger partial charge in [-0.2, -0.15) is 0 Å². The molecule has 0 fully saturated rings. The van der Waals surface area contributed by atoms with Gasteiger partial charge in [-0.3, -0.25) is 0 Å². The first-order valence-corrected chi connectivity index (χ1v) is 23.3. The molecule has 0 unspecified atom stereocenters. The van der Waals surface area contributed by atoms with Crippen molar-refractivity contribution in [1.82, 2.24) is 0 Å². The van der Waals surface area contributed by atoms with Gasteiger partial charge in [0.05, 0.1) is 5.69 Å². The molecule has 0 bridgehead atoms. The first kappa shape index (κ1) is 40.5. The number of anilines is 6. The van der Waals surface area contributed by atoms with Crippen LogP contribution in [0.15, 0.2) is 140 Å². The number of nitrogens with zero attached hydrogens (tertiary/aromatic N) is 2. The van der Waals surface area contributed by atoms with Gasteiger partial charge >= 0.3 is 0 Å². The molecular weight excluding hydrogens is 768 g/mol. The van der Waals surface area contributed by atoms with Crippen molar-refractivity contribution >= 4 is 88.7 Å². The molecular formula is C58H59BN2S. The molecule has 0 N–H and O–H groups in total. The van der Waals surface area contributed by atoms with Gasteiger partial charge in [-0.1, -0.05) is 162 Å². The third kappa shape index (κ3) is 6.60. The van der Waals surface area contributed by atoms with E-state index in [1.807, 2.05) is 11.3 Å². The monoisotopic (exact) mass is 826 g/mol. The maximum Gasteiger partial charge on any atom is 0.252 e. The molecule has 62 heavy (non-hydrogen) atoms. The Hall–Kier alpha value is -5.58. The van der Waals surface area contributed by atoms with Crippen molar-refractivity contribution in [2.45, 2.75) is 105 Å². The molecule has 0 atom stereocenters. The summed E-state index contributed by atoms with van der Waals surface area (Å²) in [7, 11) is 0. The van der Waals surface area contributed by atoms with Crippen LogP contribution in [0.4, 0.5) is 34.1 Å². The summed E-state index contributed by atoms with van der Waals surface area (Å²) in [5.74, 6) is 0. The van der Waals surface area contributed by atoms with Crippen molar-refractivity contribution < 1.29 is 0 Å². The molecule has 0 saturated heterocycles. The Labute approximate surface area is 374 Å². The van der Waals surface area contributed by atoms with E-state index >= 15 is 0 Å². The standard InChI is InChI=1S/C58H59BN2S/c1-55(2,3)37-21-26-41(27-22-37)60-48-30-24-39(57(7,8)9)34-45(48)59-46-35-40(58(10,11)12)25-31-49(46)61(51-18-15-17-50(60)54(51)59)47-29-23-38(56(4,5)6)33-44(47)36-20-28-43-42-16-13-14-19-52(42)62-53(43)32-36/h13-35H,1-12H3. The predicted molar refractivity (Wildman–Crippen MR) is 274 cm³/mol. The van der Waals surface area contributed by atoms with Crippen LogP contribution in [0.3, 0.4) is 0 Å². The van der Waals surface area contributed by atoms with E-state index in [1.165, 1.54) is 104 Å². The molecule has 2 aliphatic heterocycles. The van der Waals surface area contributed by atoms with E-state index in [0.717, 1.165) is 0 Å². The van der Waals surface area contributed by atoms with Crippen molar-refractivity contribution in [3.8, 4) is 11.1 Å². The van der Waals surface area contributed by atoms with Gasteiger partial charge in [0, 0.05) is 54.2 Å². The summed E-state index contributed by atoms with van der Waals surface area (Å²) in [6.07, 6.45) is 0. The molecule has 3 heterocycles. The summed E-state index contributed by atoms with van der Waals surface area (Å²) in [5.41, 5.74) is 19.3. The molecule has 0 saturated carbocycles. The molecule has 2 nitrogen and oxygen atoms in total. The minimum Gasteiger partial charge on any atom is -0.311 e. The topological polar surface area (TPSA) is 6.48 Å². The maximum absolute atomic E-state index is 2.60. The fraction of sp³-hybridized carbons (Fsp3) is 0.276. The fourth-order valence-corrected chi connectivity index (χ4v) is 11.0. The molecule has 4 heteroatoms. The van der Waals surface area contributed by atoms with Crippen LogP contribution in [0.2, 0.25) is 0 Å². The average Bonchev–Trinajstić information content (AvgIpc) is 3.60. The Morgan fingerprint density at radius 3 is 1.48 bits per heavy atom. The first-order valence-electron chi connectivity index (χ1n) is 22.5. The van der Waals surface area contributed by atoms with Crippen molar-refractivity contribution in [3.05, 3.63) is 162 Å². The summed E-state index contributed by atoms with van der Waals surface area (Å²) in [5, 5.41) is 2.65. The van der Waals surface area contributed by atoms with E-state index < -0.39 is 0 Å². The first-order chi connectivity index (χ1) is 29.3. The third-order valence-corrected chi connectivity index (χ3v) is 14.6. The van der Waals surface area contributed by atoms with Crippen LogP contribution >= 0.6 is 11.3 Å². The van der Waals surface area contributed by atoms with Crippen molar-refractivity contribution in [2.75, 3.05) is 9.80 Å². The van der Waals surface area contributed by atoms with Crippen molar-refractivity contribution in [3.63, 3.8) is 0 Å². The molecule has 0 radical (unpaired) electrons. The minimum absolute atomic E-state index is 0.00990. The second kappa shape index (κ2) is 14.0. The molecule has 0 spiro atoms. The van der Waals surface area contributed by atoms with Crippen LogP contribution in [0, 0.1) is 0 Å². The highest BCUT2D eigenvalue weighted by Crippen LogP contribution is 2.49.